The van der Waals surface area contributed by atoms with Crippen LogP contribution in [0.1, 0.15) is 13.8 Å². The monoisotopic (exact) mass is 276 g/mol. The Balaban J connectivity index is 0.00000137. The molecule has 0 atom stereocenters. The van der Waals surface area contributed by atoms with E-state index < -0.39 is 24.2 Å². The van der Waals surface area contributed by atoms with Crippen molar-refractivity contribution < 1.29 is 35.8 Å². The van der Waals surface area contributed by atoms with Crippen molar-refractivity contribution in [3.05, 3.63) is 24.3 Å². The Morgan fingerprint density at radius 3 is 1.06 bits per heavy atom. The Kier molecular flexibility index (Phi) is 5.80. The van der Waals surface area contributed by atoms with Crippen LogP contribution < -0.4 is 9.47 Å². The van der Waals surface area contributed by atoms with Crippen LogP contribution >= 0.6 is 0 Å². The molecule has 0 bridgehead atoms. The normalized spacial score (nSPS) is 11.3. The van der Waals surface area contributed by atoms with E-state index in [0.717, 1.165) is 0 Å². The van der Waals surface area contributed by atoms with Gasteiger partial charge in [0.2, 0.25) is 0 Å². The molecule has 0 spiro atoms. The van der Waals surface area contributed by atoms with Crippen LogP contribution in [-0.2, 0) is 0 Å². The van der Waals surface area contributed by atoms with Crippen LogP contribution in [0.3, 0.4) is 0 Å². The van der Waals surface area contributed by atoms with Gasteiger partial charge in [0.05, 0.1) is 0 Å². The van der Waals surface area contributed by atoms with Gasteiger partial charge >= 0.3 is 12.7 Å². The summed E-state index contributed by atoms with van der Waals surface area (Å²) < 4.78 is 77.0. The minimum absolute atomic E-state index is 0.623. The topological polar surface area (TPSA) is 18.5 Å². The van der Waals surface area contributed by atoms with E-state index in [1.807, 2.05) is 13.8 Å². The number of halogens is 6. The molecule has 0 amide bonds. The first kappa shape index (κ1) is 16.4. The minimum atomic E-state index is -4.88. The zero-order valence-electron chi connectivity index (χ0n) is 9.39. The van der Waals surface area contributed by atoms with E-state index in [9.17, 15) is 26.3 Å². The number of alkyl halides is 6. The Labute approximate surface area is 99.1 Å². The van der Waals surface area contributed by atoms with Gasteiger partial charge < -0.3 is 9.47 Å². The average Bonchev–Trinajstić information content (AvgIpc) is 2.20. The van der Waals surface area contributed by atoms with Gasteiger partial charge in [-0.05, 0) is 24.3 Å². The van der Waals surface area contributed by atoms with Gasteiger partial charge in [-0.25, -0.2) is 0 Å². The summed E-state index contributed by atoms with van der Waals surface area (Å²) in [5, 5.41) is 0. The third-order valence-electron chi connectivity index (χ3n) is 1.29. The number of rotatable bonds is 2. The molecular formula is C10H10F6O2. The second-order valence-electron chi connectivity index (χ2n) is 2.57. The molecule has 1 aromatic rings. The van der Waals surface area contributed by atoms with Crippen LogP contribution in [0.25, 0.3) is 0 Å². The van der Waals surface area contributed by atoms with Crippen molar-refractivity contribution in [2.24, 2.45) is 0 Å². The Morgan fingerprint density at radius 1 is 0.667 bits per heavy atom. The lowest BCUT2D eigenvalue weighted by Gasteiger charge is -2.11. The third kappa shape index (κ3) is 7.64. The van der Waals surface area contributed by atoms with Gasteiger partial charge in [0.15, 0.2) is 0 Å². The summed E-state index contributed by atoms with van der Waals surface area (Å²) in [5.41, 5.74) is 0. The second-order valence-corrected chi connectivity index (χ2v) is 2.57. The van der Waals surface area contributed by atoms with Crippen LogP contribution in [0.15, 0.2) is 24.3 Å². The average molecular weight is 276 g/mol. The zero-order chi connectivity index (χ0) is 14.4. The minimum Gasteiger partial charge on any atom is -0.406 e. The summed E-state index contributed by atoms with van der Waals surface area (Å²) in [6.45, 7) is 4.00. The van der Waals surface area contributed by atoms with E-state index in [2.05, 4.69) is 9.47 Å². The van der Waals surface area contributed by atoms with E-state index in [0.29, 0.717) is 24.3 Å². The highest BCUT2D eigenvalue weighted by Gasteiger charge is 2.32. The number of hydrogen-bond donors (Lipinski definition) is 0. The molecule has 0 radical (unpaired) electrons. The quantitative estimate of drug-likeness (QED) is 0.740. The Morgan fingerprint density at radius 2 is 0.889 bits per heavy atom. The number of benzene rings is 1. The van der Waals surface area contributed by atoms with Gasteiger partial charge in [-0.15, -0.1) is 26.3 Å². The fraction of sp³-hybridized carbons (Fsp3) is 0.400. The number of ether oxygens (including phenoxy) is 2. The summed E-state index contributed by atoms with van der Waals surface area (Å²) in [5.74, 6) is -1.25. The third-order valence-corrected chi connectivity index (χ3v) is 1.29. The molecule has 18 heavy (non-hydrogen) atoms. The lowest BCUT2D eigenvalue weighted by Crippen LogP contribution is -2.18. The van der Waals surface area contributed by atoms with Crippen molar-refractivity contribution in [1.29, 1.82) is 0 Å². The van der Waals surface area contributed by atoms with Crippen molar-refractivity contribution >= 4 is 0 Å². The maximum atomic E-state index is 11.7. The fourth-order valence-electron chi connectivity index (χ4n) is 0.843. The molecule has 0 aliphatic rings. The molecule has 0 fully saturated rings. The standard InChI is InChI=1S/C8H4F6O2.C2H6/c9-7(10,11)15-5-1-2-6(4-3-5)16-8(12,13)14;1-2/h1-4H;1-2H3. The van der Waals surface area contributed by atoms with E-state index >= 15 is 0 Å². The lowest BCUT2D eigenvalue weighted by molar-refractivity contribution is -0.277. The highest BCUT2D eigenvalue weighted by molar-refractivity contribution is 5.31. The molecule has 0 saturated heterocycles. The van der Waals surface area contributed by atoms with Crippen molar-refractivity contribution in [3.63, 3.8) is 0 Å². The first-order valence-corrected chi connectivity index (χ1v) is 4.77. The van der Waals surface area contributed by atoms with E-state index in [1.54, 1.807) is 0 Å². The highest BCUT2D eigenvalue weighted by Crippen LogP contribution is 2.27. The van der Waals surface area contributed by atoms with Crippen molar-refractivity contribution in [2.75, 3.05) is 0 Å². The van der Waals surface area contributed by atoms with Gasteiger partial charge in [-0.3, -0.25) is 0 Å². The van der Waals surface area contributed by atoms with E-state index in [4.69, 9.17) is 0 Å². The Hall–Kier alpha value is -1.60. The summed E-state index contributed by atoms with van der Waals surface area (Å²) in [7, 11) is 0. The van der Waals surface area contributed by atoms with Gasteiger partial charge in [0.1, 0.15) is 11.5 Å². The molecule has 8 heteroatoms. The van der Waals surface area contributed by atoms with Crippen LogP contribution in [0.4, 0.5) is 26.3 Å². The van der Waals surface area contributed by atoms with Crippen molar-refractivity contribution in [2.45, 2.75) is 26.6 Å². The van der Waals surface area contributed by atoms with Crippen LogP contribution in [0, 0.1) is 0 Å². The molecule has 0 N–H and O–H groups in total. The predicted molar refractivity (Wildman–Crippen MR) is 51.2 cm³/mol. The van der Waals surface area contributed by atoms with Gasteiger partial charge in [0, 0.05) is 0 Å². The summed E-state index contributed by atoms with van der Waals surface area (Å²) in [6.07, 6.45) is -9.77. The molecule has 0 aromatic heterocycles. The van der Waals surface area contributed by atoms with Crippen LogP contribution in [0.5, 0.6) is 11.5 Å². The summed E-state index contributed by atoms with van der Waals surface area (Å²) in [6, 6.07) is 2.87. The predicted octanol–water partition coefficient (Wildman–Crippen LogP) is 4.51. The maximum Gasteiger partial charge on any atom is 0.573 e. The van der Waals surface area contributed by atoms with Gasteiger partial charge in [-0.2, -0.15) is 0 Å². The molecule has 0 heterocycles. The molecule has 0 unspecified atom stereocenters. The molecule has 1 rings (SSSR count). The lowest BCUT2D eigenvalue weighted by atomic mass is 10.3. The van der Waals surface area contributed by atoms with Crippen molar-refractivity contribution in [1.82, 2.24) is 0 Å². The first-order chi connectivity index (χ1) is 8.16. The molecule has 0 aliphatic carbocycles. The highest BCUT2D eigenvalue weighted by atomic mass is 19.4. The SMILES string of the molecule is CC.FC(F)(F)Oc1ccc(OC(F)(F)F)cc1. The summed E-state index contributed by atoms with van der Waals surface area (Å²) in [4.78, 5) is 0. The van der Waals surface area contributed by atoms with Crippen molar-refractivity contribution in [3.8, 4) is 11.5 Å². The zero-order valence-corrected chi connectivity index (χ0v) is 9.39. The fourth-order valence-corrected chi connectivity index (χ4v) is 0.843. The molecular weight excluding hydrogens is 266 g/mol. The van der Waals surface area contributed by atoms with Crippen LogP contribution in [-0.4, -0.2) is 12.7 Å². The van der Waals surface area contributed by atoms with Crippen LogP contribution in [0.2, 0.25) is 0 Å². The van der Waals surface area contributed by atoms with E-state index in [1.165, 1.54) is 0 Å². The van der Waals surface area contributed by atoms with Gasteiger partial charge in [0.25, 0.3) is 0 Å². The molecule has 1 aromatic carbocycles. The second kappa shape index (κ2) is 6.36. The molecule has 0 saturated carbocycles. The first-order valence-electron chi connectivity index (χ1n) is 4.77. The maximum absolute atomic E-state index is 11.7. The summed E-state index contributed by atoms with van der Waals surface area (Å²) >= 11 is 0. The molecule has 104 valence electrons. The largest absolute Gasteiger partial charge is 0.573 e. The smallest absolute Gasteiger partial charge is 0.406 e. The molecule has 0 aliphatic heterocycles. The Bertz CT molecular complexity index is 306. The molecule has 2 nitrogen and oxygen atoms in total. The van der Waals surface area contributed by atoms with E-state index in [-0.39, 0.29) is 0 Å². The number of hydrogen-bond acceptors (Lipinski definition) is 2. The van der Waals surface area contributed by atoms with Gasteiger partial charge in [-0.1, -0.05) is 13.8 Å².